The molecule has 0 aliphatic carbocycles. The normalized spacial score (nSPS) is 12.2. The third-order valence-electron chi connectivity index (χ3n) is 3.99. The zero-order valence-electron chi connectivity index (χ0n) is 14.8. The summed E-state index contributed by atoms with van der Waals surface area (Å²) in [5, 5.41) is 3.85. The molecule has 0 bridgehead atoms. The first-order chi connectivity index (χ1) is 11.5. The topological polar surface area (TPSA) is 68.5 Å². The second-order valence-electron chi connectivity index (χ2n) is 6.02. The maximum absolute atomic E-state index is 12.6. The maximum Gasteiger partial charge on any atom is 0.307 e. The smallest absolute Gasteiger partial charge is 0.307 e. The number of hydrogen-bond donors (Lipinski definition) is 1. The fraction of sp³-hybridized carbons (Fsp3) is 0.474. The van der Waals surface area contributed by atoms with Gasteiger partial charge in [0, 0.05) is 17.0 Å². The van der Waals surface area contributed by atoms with Crippen LogP contribution in [-0.4, -0.2) is 24.5 Å². The SMILES string of the molecule is CCC[C@H](CC(=O)OCC)NC(=O)c1oc2ccc(C)cc2c1C. The average Bonchev–Trinajstić information content (AvgIpc) is 2.84. The fourth-order valence-corrected chi connectivity index (χ4v) is 2.80. The first-order valence-electron chi connectivity index (χ1n) is 8.42. The van der Waals surface area contributed by atoms with Gasteiger partial charge in [-0.1, -0.05) is 25.0 Å². The van der Waals surface area contributed by atoms with Crippen LogP contribution in [0.15, 0.2) is 22.6 Å². The summed E-state index contributed by atoms with van der Waals surface area (Å²) in [6.45, 7) is 8.00. The maximum atomic E-state index is 12.6. The van der Waals surface area contributed by atoms with Crippen molar-refractivity contribution in [2.45, 2.75) is 53.0 Å². The quantitative estimate of drug-likeness (QED) is 0.781. The van der Waals surface area contributed by atoms with Gasteiger partial charge in [0.15, 0.2) is 5.76 Å². The summed E-state index contributed by atoms with van der Waals surface area (Å²) >= 11 is 0. The second-order valence-corrected chi connectivity index (χ2v) is 6.02. The summed E-state index contributed by atoms with van der Waals surface area (Å²) in [5.74, 6) is -0.280. The average molecular weight is 331 g/mol. The monoisotopic (exact) mass is 331 g/mol. The van der Waals surface area contributed by atoms with Crippen LogP contribution in [0.3, 0.4) is 0 Å². The molecule has 0 unspecified atom stereocenters. The van der Waals surface area contributed by atoms with Crippen molar-refractivity contribution >= 4 is 22.8 Å². The summed E-state index contributed by atoms with van der Waals surface area (Å²) in [7, 11) is 0. The first kappa shape index (κ1) is 18.0. The van der Waals surface area contributed by atoms with Gasteiger partial charge in [0.25, 0.3) is 5.91 Å². The van der Waals surface area contributed by atoms with Gasteiger partial charge in [-0.25, -0.2) is 0 Å². The van der Waals surface area contributed by atoms with E-state index in [0.717, 1.165) is 22.9 Å². The molecule has 1 amide bonds. The van der Waals surface area contributed by atoms with Crippen molar-refractivity contribution in [1.29, 1.82) is 0 Å². The summed E-state index contributed by atoms with van der Waals surface area (Å²) in [4.78, 5) is 24.3. The lowest BCUT2D eigenvalue weighted by Crippen LogP contribution is -2.37. The number of fused-ring (bicyclic) bond motifs is 1. The van der Waals surface area contributed by atoms with Crippen molar-refractivity contribution in [3.63, 3.8) is 0 Å². The number of ether oxygens (including phenoxy) is 1. The third kappa shape index (κ3) is 4.16. The van der Waals surface area contributed by atoms with Gasteiger partial charge in [-0.15, -0.1) is 0 Å². The van der Waals surface area contributed by atoms with Crippen LogP contribution in [-0.2, 0) is 9.53 Å². The summed E-state index contributed by atoms with van der Waals surface area (Å²) < 4.78 is 10.7. The van der Waals surface area contributed by atoms with E-state index in [4.69, 9.17) is 9.15 Å². The van der Waals surface area contributed by atoms with Crippen LogP contribution in [0.1, 0.15) is 54.8 Å². The minimum atomic E-state index is -0.298. The molecule has 24 heavy (non-hydrogen) atoms. The predicted molar refractivity (Wildman–Crippen MR) is 93.1 cm³/mol. The Morgan fingerprint density at radius 2 is 2.00 bits per heavy atom. The summed E-state index contributed by atoms with van der Waals surface area (Å²) in [5.41, 5.74) is 2.63. The molecule has 5 heteroatoms. The van der Waals surface area contributed by atoms with Crippen molar-refractivity contribution in [2.24, 2.45) is 0 Å². The number of rotatable bonds is 7. The van der Waals surface area contributed by atoms with E-state index in [2.05, 4.69) is 5.32 Å². The summed E-state index contributed by atoms with van der Waals surface area (Å²) in [6, 6.07) is 5.58. The molecule has 1 aromatic heterocycles. The fourth-order valence-electron chi connectivity index (χ4n) is 2.80. The Kier molecular flexibility index (Phi) is 6.01. The van der Waals surface area contributed by atoms with Crippen LogP contribution in [0.2, 0.25) is 0 Å². The van der Waals surface area contributed by atoms with Crippen molar-refractivity contribution in [3.8, 4) is 0 Å². The van der Waals surface area contributed by atoms with Crippen molar-refractivity contribution in [2.75, 3.05) is 6.61 Å². The van der Waals surface area contributed by atoms with Crippen LogP contribution in [0.4, 0.5) is 0 Å². The van der Waals surface area contributed by atoms with E-state index in [1.54, 1.807) is 6.92 Å². The van der Waals surface area contributed by atoms with Gasteiger partial charge in [0.05, 0.1) is 13.0 Å². The zero-order chi connectivity index (χ0) is 17.7. The van der Waals surface area contributed by atoms with E-state index >= 15 is 0 Å². The number of nitrogens with one attached hydrogen (secondary N) is 1. The second kappa shape index (κ2) is 7.99. The molecule has 0 spiro atoms. The Labute approximate surface area is 142 Å². The third-order valence-corrected chi connectivity index (χ3v) is 3.99. The number of aryl methyl sites for hydroxylation is 2. The molecular weight excluding hydrogens is 306 g/mol. The molecule has 2 rings (SSSR count). The molecular formula is C19H25NO4. The molecule has 0 saturated heterocycles. The van der Waals surface area contributed by atoms with Crippen molar-refractivity contribution in [1.82, 2.24) is 5.32 Å². The van der Waals surface area contributed by atoms with E-state index in [9.17, 15) is 9.59 Å². The predicted octanol–water partition coefficient (Wildman–Crippen LogP) is 3.90. The van der Waals surface area contributed by atoms with Crippen LogP contribution < -0.4 is 5.32 Å². The standard InChI is InChI=1S/C19H25NO4/c1-5-7-14(11-17(21)23-6-2)20-19(22)18-13(4)15-10-12(3)8-9-16(15)24-18/h8-10,14H,5-7,11H2,1-4H3,(H,20,22)/t14-/m1/s1. The first-order valence-corrected chi connectivity index (χ1v) is 8.42. The molecule has 1 heterocycles. The van der Waals surface area contributed by atoms with Crippen LogP contribution in [0, 0.1) is 13.8 Å². The van der Waals surface area contributed by atoms with Gasteiger partial charge >= 0.3 is 5.97 Å². The Bertz CT molecular complexity index is 732. The molecule has 1 atom stereocenters. The van der Waals surface area contributed by atoms with Gasteiger partial charge in [-0.05, 0) is 39.3 Å². The molecule has 0 fully saturated rings. The number of esters is 1. The van der Waals surface area contributed by atoms with Crippen LogP contribution >= 0.6 is 0 Å². The van der Waals surface area contributed by atoms with E-state index in [1.165, 1.54) is 0 Å². The van der Waals surface area contributed by atoms with E-state index in [1.807, 2.05) is 39.0 Å². The lowest BCUT2D eigenvalue weighted by Gasteiger charge is -2.16. The highest BCUT2D eigenvalue weighted by atomic mass is 16.5. The number of hydrogen-bond acceptors (Lipinski definition) is 4. The highest BCUT2D eigenvalue weighted by molar-refractivity contribution is 5.99. The van der Waals surface area contributed by atoms with Gasteiger partial charge < -0.3 is 14.5 Å². The van der Waals surface area contributed by atoms with Gasteiger partial charge in [-0.2, -0.15) is 0 Å². The number of benzene rings is 1. The van der Waals surface area contributed by atoms with Gasteiger partial charge in [0.2, 0.25) is 0 Å². The zero-order valence-corrected chi connectivity index (χ0v) is 14.8. The molecule has 1 aromatic carbocycles. The minimum Gasteiger partial charge on any atom is -0.466 e. The Hall–Kier alpha value is -2.30. The van der Waals surface area contributed by atoms with Crippen LogP contribution in [0.25, 0.3) is 11.0 Å². The van der Waals surface area contributed by atoms with Crippen molar-refractivity contribution in [3.05, 3.63) is 35.1 Å². The lowest BCUT2D eigenvalue weighted by molar-refractivity contribution is -0.143. The molecule has 0 aliphatic heterocycles. The van der Waals surface area contributed by atoms with Crippen LogP contribution in [0.5, 0.6) is 0 Å². The van der Waals surface area contributed by atoms with Gasteiger partial charge in [0.1, 0.15) is 5.58 Å². The number of carbonyl (C=O) groups excluding carboxylic acids is 2. The summed E-state index contributed by atoms with van der Waals surface area (Å²) in [6.07, 6.45) is 1.75. The Balaban J connectivity index is 2.17. The van der Waals surface area contributed by atoms with E-state index in [-0.39, 0.29) is 24.3 Å². The van der Waals surface area contributed by atoms with Gasteiger partial charge in [-0.3, -0.25) is 9.59 Å². The minimum absolute atomic E-state index is 0.172. The Morgan fingerprint density at radius 3 is 2.67 bits per heavy atom. The lowest BCUT2D eigenvalue weighted by atomic mass is 10.1. The molecule has 2 aromatic rings. The molecule has 130 valence electrons. The highest BCUT2D eigenvalue weighted by Crippen LogP contribution is 2.26. The number of furan rings is 1. The van der Waals surface area contributed by atoms with Crippen molar-refractivity contribution < 1.29 is 18.7 Å². The molecule has 0 radical (unpaired) electrons. The van der Waals surface area contributed by atoms with E-state index < -0.39 is 0 Å². The molecule has 1 N–H and O–H groups in total. The highest BCUT2D eigenvalue weighted by Gasteiger charge is 2.22. The molecule has 0 saturated carbocycles. The number of amides is 1. The largest absolute Gasteiger partial charge is 0.466 e. The number of carbonyl (C=O) groups is 2. The Morgan fingerprint density at radius 1 is 1.25 bits per heavy atom. The molecule has 0 aliphatic rings. The molecule has 5 nitrogen and oxygen atoms in total. The van der Waals surface area contributed by atoms with E-state index in [0.29, 0.717) is 24.4 Å².